The summed E-state index contributed by atoms with van der Waals surface area (Å²) in [5, 5.41) is 3.44. The van der Waals surface area contributed by atoms with E-state index in [-0.39, 0.29) is 0 Å². The Kier molecular flexibility index (Phi) is 5.06. The van der Waals surface area contributed by atoms with E-state index in [1.807, 2.05) is 12.1 Å². The molecule has 20 heavy (non-hydrogen) atoms. The molecule has 1 aromatic heterocycles. The first kappa shape index (κ1) is 14.9. The summed E-state index contributed by atoms with van der Waals surface area (Å²) in [5.74, 6) is 1.78. The van der Waals surface area contributed by atoms with Crippen molar-refractivity contribution in [2.75, 3.05) is 24.3 Å². The predicted molar refractivity (Wildman–Crippen MR) is 81.0 cm³/mol. The normalized spacial score (nSPS) is 22.8. The number of aromatic nitrogens is 1. The fraction of sp³-hybridized carbons (Fsp3) is 0.667. The first-order valence-corrected chi connectivity index (χ1v) is 7.32. The summed E-state index contributed by atoms with van der Waals surface area (Å²) in [5.41, 5.74) is 6.48. The Morgan fingerprint density at radius 1 is 1.50 bits per heavy atom. The van der Waals surface area contributed by atoms with Gasteiger partial charge in [-0.2, -0.15) is 4.98 Å². The first-order valence-electron chi connectivity index (χ1n) is 7.32. The highest BCUT2D eigenvalue weighted by Gasteiger charge is 2.19. The van der Waals surface area contributed by atoms with Crippen molar-refractivity contribution in [3.05, 3.63) is 12.1 Å². The minimum absolute atomic E-state index is 0.298. The Balaban J connectivity index is 1.99. The van der Waals surface area contributed by atoms with Gasteiger partial charge in [0.25, 0.3) is 0 Å². The van der Waals surface area contributed by atoms with Gasteiger partial charge >= 0.3 is 0 Å². The zero-order valence-electron chi connectivity index (χ0n) is 12.6. The number of nitrogens with zero attached hydrogens (tertiary/aromatic N) is 1. The number of pyridine rings is 1. The number of nitrogens with two attached hydrogens (primary N) is 1. The molecule has 1 saturated heterocycles. The van der Waals surface area contributed by atoms with Crippen LogP contribution in [0.25, 0.3) is 0 Å². The molecule has 0 spiro atoms. The SMILES string of the molecule is CC(C)COc1nc(NC2CCOC(C)C2)ccc1N. The third-order valence-corrected chi connectivity index (χ3v) is 3.28. The quantitative estimate of drug-likeness (QED) is 0.867. The summed E-state index contributed by atoms with van der Waals surface area (Å²) in [7, 11) is 0. The first-order chi connectivity index (χ1) is 9.54. The summed E-state index contributed by atoms with van der Waals surface area (Å²) in [6, 6.07) is 4.14. The van der Waals surface area contributed by atoms with Gasteiger partial charge in [-0.3, -0.25) is 0 Å². The van der Waals surface area contributed by atoms with Crippen molar-refractivity contribution >= 4 is 11.5 Å². The highest BCUT2D eigenvalue weighted by Crippen LogP contribution is 2.23. The van der Waals surface area contributed by atoms with Crippen LogP contribution in [0.3, 0.4) is 0 Å². The van der Waals surface area contributed by atoms with E-state index in [0.29, 0.717) is 36.2 Å². The second-order valence-corrected chi connectivity index (χ2v) is 5.84. The zero-order chi connectivity index (χ0) is 14.5. The summed E-state index contributed by atoms with van der Waals surface area (Å²) < 4.78 is 11.2. The number of hydrogen-bond acceptors (Lipinski definition) is 5. The lowest BCUT2D eigenvalue weighted by Crippen LogP contribution is -2.32. The monoisotopic (exact) mass is 279 g/mol. The average Bonchev–Trinajstić information content (AvgIpc) is 2.39. The van der Waals surface area contributed by atoms with Crippen LogP contribution < -0.4 is 15.8 Å². The van der Waals surface area contributed by atoms with Crippen molar-refractivity contribution in [1.29, 1.82) is 0 Å². The van der Waals surface area contributed by atoms with Crippen molar-refractivity contribution < 1.29 is 9.47 Å². The zero-order valence-corrected chi connectivity index (χ0v) is 12.6. The average molecular weight is 279 g/mol. The van der Waals surface area contributed by atoms with E-state index < -0.39 is 0 Å². The van der Waals surface area contributed by atoms with Crippen molar-refractivity contribution in [3.8, 4) is 5.88 Å². The fourth-order valence-electron chi connectivity index (χ4n) is 2.23. The summed E-state index contributed by atoms with van der Waals surface area (Å²) in [6.45, 7) is 7.71. The molecule has 2 rings (SSSR count). The van der Waals surface area contributed by atoms with Crippen LogP contribution in [-0.4, -0.2) is 30.3 Å². The molecule has 1 aliphatic rings. The van der Waals surface area contributed by atoms with E-state index in [1.165, 1.54) is 0 Å². The Morgan fingerprint density at radius 3 is 3.00 bits per heavy atom. The molecule has 5 nitrogen and oxygen atoms in total. The van der Waals surface area contributed by atoms with E-state index in [2.05, 4.69) is 31.1 Å². The number of rotatable bonds is 5. The molecule has 5 heteroatoms. The van der Waals surface area contributed by atoms with E-state index >= 15 is 0 Å². The molecule has 3 N–H and O–H groups in total. The molecule has 0 aliphatic carbocycles. The summed E-state index contributed by atoms with van der Waals surface area (Å²) in [6.07, 6.45) is 2.29. The van der Waals surface area contributed by atoms with Gasteiger partial charge in [-0.15, -0.1) is 0 Å². The molecule has 1 aromatic rings. The number of ether oxygens (including phenoxy) is 2. The lowest BCUT2D eigenvalue weighted by Gasteiger charge is -2.28. The van der Waals surface area contributed by atoms with Crippen LogP contribution in [0.1, 0.15) is 33.6 Å². The molecule has 0 aromatic carbocycles. The minimum atomic E-state index is 0.298. The van der Waals surface area contributed by atoms with Crippen LogP contribution in [0.15, 0.2) is 12.1 Å². The molecule has 2 heterocycles. The van der Waals surface area contributed by atoms with Gasteiger partial charge in [-0.05, 0) is 37.8 Å². The van der Waals surface area contributed by atoms with Gasteiger partial charge in [-0.25, -0.2) is 0 Å². The largest absolute Gasteiger partial charge is 0.476 e. The van der Waals surface area contributed by atoms with Gasteiger partial charge < -0.3 is 20.5 Å². The summed E-state index contributed by atoms with van der Waals surface area (Å²) in [4.78, 5) is 4.46. The molecule has 0 amide bonds. The van der Waals surface area contributed by atoms with E-state index in [4.69, 9.17) is 15.2 Å². The molecule has 1 aliphatic heterocycles. The Morgan fingerprint density at radius 2 is 2.30 bits per heavy atom. The Bertz CT molecular complexity index is 437. The van der Waals surface area contributed by atoms with E-state index in [9.17, 15) is 0 Å². The van der Waals surface area contributed by atoms with Crippen molar-refractivity contribution in [2.24, 2.45) is 5.92 Å². The van der Waals surface area contributed by atoms with Crippen molar-refractivity contribution in [2.45, 2.75) is 45.8 Å². The van der Waals surface area contributed by atoms with Crippen LogP contribution in [-0.2, 0) is 4.74 Å². The van der Waals surface area contributed by atoms with Crippen LogP contribution in [0, 0.1) is 5.92 Å². The minimum Gasteiger partial charge on any atom is -0.476 e. The number of hydrogen-bond donors (Lipinski definition) is 2. The van der Waals surface area contributed by atoms with Gasteiger partial charge in [0.05, 0.1) is 18.4 Å². The van der Waals surface area contributed by atoms with E-state index in [0.717, 1.165) is 25.3 Å². The Hall–Kier alpha value is -1.49. The molecule has 0 saturated carbocycles. The van der Waals surface area contributed by atoms with Crippen LogP contribution >= 0.6 is 0 Å². The van der Waals surface area contributed by atoms with Gasteiger partial charge in [0.15, 0.2) is 0 Å². The predicted octanol–water partition coefficient (Wildman–Crippen LogP) is 2.68. The lowest BCUT2D eigenvalue weighted by molar-refractivity contribution is 0.0231. The Labute approximate surface area is 120 Å². The van der Waals surface area contributed by atoms with Gasteiger partial charge in [0.1, 0.15) is 5.82 Å². The van der Waals surface area contributed by atoms with Gasteiger partial charge in [-0.1, -0.05) is 13.8 Å². The van der Waals surface area contributed by atoms with Crippen LogP contribution in [0.4, 0.5) is 11.5 Å². The maximum absolute atomic E-state index is 5.90. The highest BCUT2D eigenvalue weighted by molar-refractivity contribution is 5.53. The van der Waals surface area contributed by atoms with Crippen LogP contribution in [0.2, 0.25) is 0 Å². The molecular formula is C15H25N3O2. The third kappa shape index (κ3) is 4.27. The molecule has 112 valence electrons. The van der Waals surface area contributed by atoms with Crippen molar-refractivity contribution in [3.63, 3.8) is 0 Å². The second-order valence-electron chi connectivity index (χ2n) is 5.84. The molecule has 0 bridgehead atoms. The molecule has 1 fully saturated rings. The lowest BCUT2D eigenvalue weighted by atomic mass is 10.0. The highest BCUT2D eigenvalue weighted by atomic mass is 16.5. The molecular weight excluding hydrogens is 254 g/mol. The van der Waals surface area contributed by atoms with Crippen molar-refractivity contribution in [1.82, 2.24) is 4.98 Å². The summed E-state index contributed by atoms with van der Waals surface area (Å²) >= 11 is 0. The number of nitrogens with one attached hydrogen (secondary N) is 1. The van der Waals surface area contributed by atoms with E-state index in [1.54, 1.807) is 0 Å². The maximum atomic E-state index is 5.90. The van der Waals surface area contributed by atoms with Crippen LogP contribution in [0.5, 0.6) is 5.88 Å². The standard InChI is InChI=1S/C15H25N3O2/c1-10(2)9-20-15-13(16)4-5-14(18-15)17-12-6-7-19-11(3)8-12/h4-5,10-12H,6-9,16H2,1-3H3,(H,17,18). The molecule has 2 atom stereocenters. The maximum Gasteiger partial charge on any atom is 0.239 e. The fourth-order valence-corrected chi connectivity index (χ4v) is 2.23. The molecule has 0 radical (unpaired) electrons. The smallest absolute Gasteiger partial charge is 0.239 e. The number of nitrogen functional groups attached to an aromatic ring is 1. The molecule has 2 unspecified atom stereocenters. The van der Waals surface area contributed by atoms with Gasteiger partial charge in [0.2, 0.25) is 5.88 Å². The van der Waals surface area contributed by atoms with Gasteiger partial charge in [0, 0.05) is 12.6 Å². The third-order valence-electron chi connectivity index (χ3n) is 3.28. The number of anilines is 2. The second kappa shape index (κ2) is 6.79. The topological polar surface area (TPSA) is 69.4 Å².